The number of rotatable bonds is 7. The van der Waals surface area contributed by atoms with Gasteiger partial charge in [-0.2, -0.15) is 17.4 Å². The minimum atomic E-state index is -3.42. The minimum Gasteiger partial charge on any atom is -0.299 e. The molecule has 2 fully saturated rings. The van der Waals surface area contributed by atoms with Crippen molar-refractivity contribution in [3.05, 3.63) is 35.4 Å². The Kier molecular flexibility index (Phi) is 6.49. The molecule has 25 heavy (non-hydrogen) atoms. The van der Waals surface area contributed by atoms with E-state index < -0.39 is 10.2 Å². The highest BCUT2D eigenvalue weighted by Crippen LogP contribution is 2.24. The molecule has 0 bridgehead atoms. The normalized spacial score (nSPS) is 20.4. The molecule has 0 radical (unpaired) electrons. The van der Waals surface area contributed by atoms with Crippen LogP contribution in [0.2, 0.25) is 0 Å². The molecular formula is C19H31N3O2S. The first kappa shape index (κ1) is 18.8. The second-order valence-corrected chi connectivity index (χ2v) is 9.20. The third kappa shape index (κ3) is 5.03. The Balaban J connectivity index is 1.62. The van der Waals surface area contributed by atoms with Gasteiger partial charge in [0.25, 0.3) is 10.2 Å². The Labute approximate surface area is 152 Å². The third-order valence-electron chi connectivity index (χ3n) is 5.62. The molecule has 0 atom stereocenters. The Morgan fingerprint density at radius 3 is 2.36 bits per heavy atom. The fraction of sp³-hybridized carbons (Fsp3) is 0.684. The van der Waals surface area contributed by atoms with Crippen molar-refractivity contribution in [1.29, 1.82) is 0 Å². The van der Waals surface area contributed by atoms with Gasteiger partial charge >= 0.3 is 0 Å². The minimum absolute atomic E-state index is 0.154. The van der Waals surface area contributed by atoms with Gasteiger partial charge in [-0.3, -0.25) is 4.90 Å². The topological polar surface area (TPSA) is 52.7 Å². The molecule has 6 heteroatoms. The summed E-state index contributed by atoms with van der Waals surface area (Å²) in [6.07, 6.45) is 8.06. The molecule has 140 valence electrons. The molecule has 1 saturated heterocycles. The number of benzene rings is 1. The molecule has 1 saturated carbocycles. The Morgan fingerprint density at radius 2 is 1.68 bits per heavy atom. The maximum absolute atomic E-state index is 12.6. The van der Waals surface area contributed by atoms with Crippen LogP contribution < -0.4 is 4.72 Å². The molecule has 1 aromatic carbocycles. The molecule has 1 aliphatic heterocycles. The smallest absolute Gasteiger partial charge is 0.279 e. The van der Waals surface area contributed by atoms with E-state index in [1.807, 2.05) is 18.2 Å². The summed E-state index contributed by atoms with van der Waals surface area (Å²) in [5.41, 5.74) is 2.31. The van der Waals surface area contributed by atoms with Gasteiger partial charge in [-0.15, -0.1) is 0 Å². The van der Waals surface area contributed by atoms with Crippen molar-refractivity contribution >= 4 is 10.2 Å². The lowest BCUT2D eigenvalue weighted by Crippen LogP contribution is -2.43. The van der Waals surface area contributed by atoms with Crippen LogP contribution in [0.25, 0.3) is 0 Å². The summed E-state index contributed by atoms with van der Waals surface area (Å²) in [6, 6.07) is 8.35. The lowest BCUT2D eigenvalue weighted by atomic mass is 10.1. The molecule has 3 rings (SSSR count). The van der Waals surface area contributed by atoms with Crippen molar-refractivity contribution < 1.29 is 8.42 Å². The molecule has 0 spiro atoms. The lowest BCUT2D eigenvalue weighted by molar-refractivity contribution is 0.220. The Hall–Kier alpha value is -0.950. The quantitative estimate of drug-likeness (QED) is 0.808. The molecule has 1 heterocycles. The molecule has 0 aromatic heterocycles. The van der Waals surface area contributed by atoms with Gasteiger partial charge in [0.15, 0.2) is 0 Å². The van der Waals surface area contributed by atoms with E-state index in [9.17, 15) is 8.42 Å². The van der Waals surface area contributed by atoms with E-state index >= 15 is 0 Å². The summed E-state index contributed by atoms with van der Waals surface area (Å²) in [5, 5.41) is 0. The monoisotopic (exact) mass is 365 g/mol. The van der Waals surface area contributed by atoms with Crippen molar-refractivity contribution in [2.45, 2.75) is 64.1 Å². The van der Waals surface area contributed by atoms with Gasteiger partial charge in [-0.05, 0) is 49.9 Å². The molecule has 1 aromatic rings. The van der Waals surface area contributed by atoms with Crippen molar-refractivity contribution in [3.63, 3.8) is 0 Å². The van der Waals surface area contributed by atoms with Crippen LogP contribution in [0.4, 0.5) is 0 Å². The van der Waals surface area contributed by atoms with Gasteiger partial charge in [0.2, 0.25) is 0 Å². The van der Waals surface area contributed by atoms with Crippen molar-refractivity contribution in [2.24, 2.45) is 0 Å². The van der Waals surface area contributed by atoms with Crippen molar-refractivity contribution in [3.8, 4) is 0 Å². The second-order valence-electron chi connectivity index (χ2n) is 7.39. The van der Waals surface area contributed by atoms with Gasteiger partial charge in [-0.25, -0.2) is 0 Å². The maximum Gasteiger partial charge on any atom is 0.279 e. The van der Waals surface area contributed by atoms with E-state index in [0.717, 1.165) is 50.9 Å². The first-order valence-corrected chi connectivity index (χ1v) is 11.0. The summed E-state index contributed by atoms with van der Waals surface area (Å²) in [4.78, 5) is 2.47. The highest BCUT2D eigenvalue weighted by atomic mass is 32.2. The van der Waals surface area contributed by atoms with E-state index in [4.69, 9.17) is 0 Å². The molecule has 0 amide bonds. The van der Waals surface area contributed by atoms with Gasteiger partial charge in [0, 0.05) is 26.2 Å². The van der Waals surface area contributed by atoms with E-state index in [0.29, 0.717) is 6.54 Å². The zero-order valence-corrected chi connectivity index (χ0v) is 16.1. The predicted octanol–water partition coefficient (Wildman–Crippen LogP) is 2.88. The fourth-order valence-electron chi connectivity index (χ4n) is 3.98. The standard InChI is InChI=1S/C19H31N3O2S/c1-21(19-11-5-6-12-19)25(23,24)20-15-17-9-3-4-10-18(17)16-22-13-7-2-8-14-22/h3-4,9-10,19-20H,2,5-8,11-16H2,1H3. The molecule has 1 N–H and O–H groups in total. The van der Waals surface area contributed by atoms with Gasteiger partial charge in [0.05, 0.1) is 0 Å². The first-order valence-electron chi connectivity index (χ1n) is 9.58. The second kappa shape index (κ2) is 8.62. The number of piperidine rings is 1. The van der Waals surface area contributed by atoms with Crippen LogP contribution in [0.3, 0.4) is 0 Å². The zero-order chi connectivity index (χ0) is 17.7. The summed E-state index contributed by atoms with van der Waals surface area (Å²) >= 11 is 0. The molecule has 1 aliphatic carbocycles. The third-order valence-corrected chi connectivity index (χ3v) is 7.19. The number of likely N-dealkylation sites (tertiary alicyclic amines) is 1. The molecular weight excluding hydrogens is 334 g/mol. The van der Waals surface area contributed by atoms with Crippen LogP contribution in [0.15, 0.2) is 24.3 Å². The average molecular weight is 366 g/mol. The van der Waals surface area contributed by atoms with E-state index in [2.05, 4.69) is 15.7 Å². The highest BCUT2D eigenvalue weighted by molar-refractivity contribution is 7.87. The number of nitrogens with zero attached hydrogens (tertiary/aromatic N) is 2. The highest BCUT2D eigenvalue weighted by Gasteiger charge is 2.28. The van der Waals surface area contributed by atoms with Crippen LogP contribution in [-0.4, -0.2) is 43.8 Å². The maximum atomic E-state index is 12.6. The Bertz CT molecular complexity index is 650. The lowest BCUT2D eigenvalue weighted by Gasteiger charge is -2.27. The van der Waals surface area contributed by atoms with Gasteiger partial charge < -0.3 is 0 Å². The zero-order valence-electron chi connectivity index (χ0n) is 15.3. The summed E-state index contributed by atoms with van der Waals surface area (Å²) in [7, 11) is -1.72. The van der Waals surface area contributed by atoms with E-state index in [1.54, 1.807) is 7.05 Å². The van der Waals surface area contributed by atoms with Crippen LogP contribution >= 0.6 is 0 Å². The van der Waals surface area contributed by atoms with Crippen LogP contribution in [0, 0.1) is 0 Å². The SMILES string of the molecule is CN(C1CCCC1)S(=O)(=O)NCc1ccccc1CN1CCCCC1. The molecule has 0 unspecified atom stereocenters. The van der Waals surface area contributed by atoms with Crippen molar-refractivity contribution in [1.82, 2.24) is 13.9 Å². The largest absolute Gasteiger partial charge is 0.299 e. The van der Waals surface area contributed by atoms with Gasteiger partial charge in [0.1, 0.15) is 0 Å². The summed E-state index contributed by atoms with van der Waals surface area (Å²) in [5.74, 6) is 0. The Morgan fingerprint density at radius 1 is 1.04 bits per heavy atom. The number of nitrogens with one attached hydrogen (secondary N) is 1. The number of hydrogen-bond acceptors (Lipinski definition) is 3. The van der Waals surface area contributed by atoms with Crippen LogP contribution in [0.1, 0.15) is 56.1 Å². The summed E-state index contributed by atoms with van der Waals surface area (Å²) < 4.78 is 29.5. The predicted molar refractivity (Wildman–Crippen MR) is 101 cm³/mol. The first-order chi connectivity index (χ1) is 12.1. The molecule has 2 aliphatic rings. The van der Waals surface area contributed by atoms with Crippen LogP contribution in [0.5, 0.6) is 0 Å². The van der Waals surface area contributed by atoms with E-state index in [-0.39, 0.29) is 6.04 Å². The van der Waals surface area contributed by atoms with Gasteiger partial charge in [-0.1, -0.05) is 43.5 Å². The molecule has 5 nitrogen and oxygen atoms in total. The number of hydrogen-bond donors (Lipinski definition) is 1. The fourth-order valence-corrected chi connectivity index (χ4v) is 5.12. The van der Waals surface area contributed by atoms with Crippen molar-refractivity contribution in [2.75, 3.05) is 20.1 Å². The summed E-state index contributed by atoms with van der Waals surface area (Å²) in [6.45, 7) is 3.56. The van der Waals surface area contributed by atoms with Crippen LogP contribution in [-0.2, 0) is 23.3 Å². The average Bonchev–Trinajstić information content (AvgIpc) is 3.16. The van der Waals surface area contributed by atoms with E-state index in [1.165, 1.54) is 29.1 Å².